The van der Waals surface area contributed by atoms with Crippen molar-refractivity contribution in [1.29, 1.82) is 0 Å². The summed E-state index contributed by atoms with van der Waals surface area (Å²) in [4.78, 5) is 8.00. The van der Waals surface area contributed by atoms with Gasteiger partial charge in [0.2, 0.25) is 5.95 Å². The summed E-state index contributed by atoms with van der Waals surface area (Å²) in [7, 11) is 0. The largest absolute Gasteiger partial charge is 0.368 e. The molecular formula is C15H14N4. The van der Waals surface area contributed by atoms with E-state index in [1.165, 1.54) is 16.3 Å². The van der Waals surface area contributed by atoms with Crippen molar-refractivity contribution in [2.75, 3.05) is 11.1 Å². The van der Waals surface area contributed by atoms with Crippen molar-refractivity contribution in [3.8, 4) is 0 Å². The Kier molecular flexibility index (Phi) is 2.98. The van der Waals surface area contributed by atoms with Crippen LogP contribution >= 0.6 is 0 Å². The molecule has 3 rings (SSSR count). The molecule has 1 heterocycles. The summed E-state index contributed by atoms with van der Waals surface area (Å²) in [5.74, 6) is 1.02. The topological polar surface area (TPSA) is 63.8 Å². The Hall–Kier alpha value is -2.62. The van der Waals surface area contributed by atoms with E-state index in [9.17, 15) is 0 Å². The van der Waals surface area contributed by atoms with Gasteiger partial charge in [0.25, 0.3) is 0 Å². The van der Waals surface area contributed by atoms with Gasteiger partial charge in [0.05, 0.1) is 0 Å². The molecule has 0 unspecified atom stereocenters. The molecular weight excluding hydrogens is 236 g/mol. The lowest BCUT2D eigenvalue weighted by molar-refractivity contribution is 1.10. The Labute approximate surface area is 111 Å². The molecule has 3 aromatic rings. The molecule has 1 aromatic heterocycles. The maximum atomic E-state index is 5.56. The molecule has 4 nitrogen and oxygen atoms in total. The van der Waals surface area contributed by atoms with E-state index >= 15 is 0 Å². The first-order valence-corrected chi connectivity index (χ1v) is 6.12. The highest BCUT2D eigenvalue weighted by molar-refractivity contribution is 5.85. The summed E-state index contributed by atoms with van der Waals surface area (Å²) in [6, 6.07) is 16.4. The molecule has 0 amide bonds. The first-order valence-electron chi connectivity index (χ1n) is 6.12. The number of nitrogens with two attached hydrogens (primary N) is 1. The Balaban J connectivity index is 1.86. The fraction of sp³-hybridized carbons (Fsp3) is 0.0667. The molecule has 4 heteroatoms. The van der Waals surface area contributed by atoms with Crippen LogP contribution in [0.4, 0.5) is 11.8 Å². The molecule has 0 saturated carbocycles. The molecule has 0 fully saturated rings. The van der Waals surface area contributed by atoms with Gasteiger partial charge in [-0.25, -0.2) is 4.98 Å². The van der Waals surface area contributed by atoms with E-state index in [2.05, 4.69) is 51.7 Å². The zero-order valence-corrected chi connectivity index (χ0v) is 10.4. The van der Waals surface area contributed by atoms with Gasteiger partial charge in [0.15, 0.2) is 0 Å². The molecule has 0 bridgehead atoms. The van der Waals surface area contributed by atoms with Crippen LogP contribution in [0.2, 0.25) is 0 Å². The van der Waals surface area contributed by atoms with Crippen molar-refractivity contribution in [2.24, 2.45) is 0 Å². The number of nitrogens with one attached hydrogen (secondary N) is 1. The summed E-state index contributed by atoms with van der Waals surface area (Å²) >= 11 is 0. The van der Waals surface area contributed by atoms with Crippen molar-refractivity contribution in [3.63, 3.8) is 0 Å². The van der Waals surface area contributed by atoms with Gasteiger partial charge in [-0.3, -0.25) is 0 Å². The second kappa shape index (κ2) is 4.94. The first kappa shape index (κ1) is 11.5. The molecule has 0 radical (unpaired) electrons. The predicted molar refractivity (Wildman–Crippen MR) is 77.7 cm³/mol. The Morgan fingerprint density at radius 2 is 1.84 bits per heavy atom. The zero-order chi connectivity index (χ0) is 13.1. The Bertz CT molecular complexity index is 704. The average Bonchev–Trinajstić information content (AvgIpc) is 2.45. The van der Waals surface area contributed by atoms with Crippen LogP contribution in [0.3, 0.4) is 0 Å². The molecule has 0 saturated heterocycles. The Morgan fingerprint density at radius 1 is 1.00 bits per heavy atom. The van der Waals surface area contributed by atoms with Crippen LogP contribution in [0.5, 0.6) is 0 Å². The summed E-state index contributed by atoms with van der Waals surface area (Å²) < 4.78 is 0. The molecule has 94 valence electrons. The van der Waals surface area contributed by atoms with E-state index in [0.29, 0.717) is 6.54 Å². The van der Waals surface area contributed by atoms with E-state index in [-0.39, 0.29) is 5.95 Å². The molecule has 0 aliphatic carbocycles. The van der Waals surface area contributed by atoms with Gasteiger partial charge in [0, 0.05) is 12.7 Å². The van der Waals surface area contributed by atoms with Crippen LogP contribution in [-0.4, -0.2) is 9.97 Å². The van der Waals surface area contributed by atoms with Crippen molar-refractivity contribution < 1.29 is 0 Å². The van der Waals surface area contributed by atoms with Gasteiger partial charge < -0.3 is 11.1 Å². The third kappa shape index (κ3) is 2.47. The normalized spacial score (nSPS) is 10.5. The predicted octanol–water partition coefficient (Wildman–Crippen LogP) is 2.82. The van der Waals surface area contributed by atoms with Crippen LogP contribution in [0.25, 0.3) is 10.8 Å². The zero-order valence-electron chi connectivity index (χ0n) is 10.4. The quantitative estimate of drug-likeness (QED) is 0.750. The molecule has 0 atom stereocenters. The second-order valence-corrected chi connectivity index (χ2v) is 4.29. The number of nitrogen functional groups attached to an aromatic ring is 1. The van der Waals surface area contributed by atoms with Crippen molar-refractivity contribution in [3.05, 3.63) is 60.3 Å². The minimum Gasteiger partial charge on any atom is -0.368 e. The number of anilines is 2. The summed E-state index contributed by atoms with van der Waals surface area (Å²) in [6.07, 6.45) is 1.65. The van der Waals surface area contributed by atoms with E-state index < -0.39 is 0 Å². The Morgan fingerprint density at radius 3 is 2.74 bits per heavy atom. The standard InChI is InChI=1S/C15H14N4/c16-15-17-9-8-14(19-15)18-10-12-6-3-5-11-4-1-2-7-13(11)12/h1-9H,10H2,(H3,16,17,18,19). The number of aromatic nitrogens is 2. The van der Waals surface area contributed by atoms with E-state index in [4.69, 9.17) is 5.73 Å². The lowest BCUT2D eigenvalue weighted by atomic mass is 10.0. The SMILES string of the molecule is Nc1nccc(NCc2cccc3ccccc23)n1. The highest BCUT2D eigenvalue weighted by Crippen LogP contribution is 2.19. The van der Waals surface area contributed by atoms with Gasteiger partial charge in [-0.15, -0.1) is 0 Å². The number of hydrogen-bond donors (Lipinski definition) is 2. The molecule has 0 spiro atoms. The number of benzene rings is 2. The lowest BCUT2D eigenvalue weighted by Gasteiger charge is -2.08. The highest BCUT2D eigenvalue weighted by Gasteiger charge is 2.01. The average molecular weight is 250 g/mol. The van der Waals surface area contributed by atoms with Gasteiger partial charge in [-0.05, 0) is 22.4 Å². The number of rotatable bonds is 3. The first-order chi connectivity index (χ1) is 9.33. The van der Waals surface area contributed by atoms with Crippen LogP contribution in [0.1, 0.15) is 5.56 Å². The van der Waals surface area contributed by atoms with Crippen molar-refractivity contribution in [2.45, 2.75) is 6.54 Å². The minimum absolute atomic E-state index is 0.280. The van der Waals surface area contributed by atoms with Crippen LogP contribution in [0.15, 0.2) is 54.7 Å². The van der Waals surface area contributed by atoms with Crippen LogP contribution in [-0.2, 0) is 6.54 Å². The third-order valence-corrected chi connectivity index (χ3v) is 3.01. The maximum Gasteiger partial charge on any atom is 0.221 e. The van der Waals surface area contributed by atoms with Gasteiger partial charge in [0.1, 0.15) is 5.82 Å². The molecule has 19 heavy (non-hydrogen) atoms. The maximum absolute atomic E-state index is 5.56. The summed E-state index contributed by atoms with van der Waals surface area (Å²) in [6.45, 7) is 0.706. The van der Waals surface area contributed by atoms with Gasteiger partial charge in [-0.2, -0.15) is 4.98 Å². The van der Waals surface area contributed by atoms with E-state index in [0.717, 1.165) is 5.82 Å². The van der Waals surface area contributed by atoms with Crippen LogP contribution in [0, 0.1) is 0 Å². The number of hydrogen-bond acceptors (Lipinski definition) is 4. The van der Waals surface area contributed by atoms with Gasteiger partial charge in [-0.1, -0.05) is 42.5 Å². The van der Waals surface area contributed by atoms with E-state index in [1.807, 2.05) is 12.1 Å². The van der Waals surface area contributed by atoms with E-state index in [1.54, 1.807) is 6.20 Å². The van der Waals surface area contributed by atoms with Crippen LogP contribution < -0.4 is 11.1 Å². The molecule has 0 aliphatic rings. The number of fused-ring (bicyclic) bond motifs is 1. The smallest absolute Gasteiger partial charge is 0.221 e. The molecule has 3 N–H and O–H groups in total. The lowest BCUT2D eigenvalue weighted by Crippen LogP contribution is -2.04. The summed E-state index contributed by atoms with van der Waals surface area (Å²) in [5.41, 5.74) is 6.79. The second-order valence-electron chi connectivity index (χ2n) is 4.29. The van der Waals surface area contributed by atoms with Crippen molar-refractivity contribution >= 4 is 22.5 Å². The fourth-order valence-electron chi connectivity index (χ4n) is 2.10. The fourth-order valence-corrected chi connectivity index (χ4v) is 2.10. The number of nitrogens with zero attached hydrogens (tertiary/aromatic N) is 2. The highest BCUT2D eigenvalue weighted by atomic mass is 15.1. The monoisotopic (exact) mass is 250 g/mol. The summed E-state index contributed by atoms with van der Waals surface area (Å²) in [5, 5.41) is 5.75. The van der Waals surface area contributed by atoms with Gasteiger partial charge >= 0.3 is 0 Å². The molecule has 2 aromatic carbocycles. The minimum atomic E-state index is 0.280. The third-order valence-electron chi connectivity index (χ3n) is 3.01. The van der Waals surface area contributed by atoms with Crippen molar-refractivity contribution in [1.82, 2.24) is 9.97 Å². The molecule has 0 aliphatic heterocycles.